The molecule has 1 aliphatic carbocycles. The van der Waals surface area contributed by atoms with Crippen molar-refractivity contribution >= 4 is 0 Å². The van der Waals surface area contributed by atoms with E-state index in [1.807, 2.05) is 6.08 Å². The lowest BCUT2D eigenvalue weighted by molar-refractivity contribution is 0.136. The summed E-state index contributed by atoms with van der Waals surface area (Å²) in [6, 6.07) is 0. The third-order valence-corrected chi connectivity index (χ3v) is 2.21. The highest BCUT2D eigenvalue weighted by molar-refractivity contribution is 5.22. The third-order valence-electron chi connectivity index (χ3n) is 2.21. The molecule has 1 aliphatic rings. The number of hydrogen-bond acceptors (Lipinski definition) is 2. The van der Waals surface area contributed by atoms with Crippen LogP contribution in [-0.2, 0) is 0 Å². The van der Waals surface area contributed by atoms with E-state index in [1.54, 1.807) is 6.08 Å². The van der Waals surface area contributed by atoms with Gasteiger partial charge in [0.2, 0.25) is 0 Å². The van der Waals surface area contributed by atoms with Crippen LogP contribution in [-0.4, -0.2) is 22.4 Å². The number of hydrogen-bond donors (Lipinski definition) is 2. The topological polar surface area (TPSA) is 40.5 Å². The van der Waals surface area contributed by atoms with E-state index in [2.05, 4.69) is 11.8 Å². The molecule has 72 valence electrons. The van der Waals surface area contributed by atoms with Crippen molar-refractivity contribution in [3.8, 4) is 11.8 Å². The molecule has 1 atom stereocenters. The minimum Gasteiger partial charge on any atom is -0.384 e. The van der Waals surface area contributed by atoms with Crippen molar-refractivity contribution < 1.29 is 10.2 Å². The van der Waals surface area contributed by atoms with Gasteiger partial charge in [-0.05, 0) is 31.8 Å². The summed E-state index contributed by atoms with van der Waals surface area (Å²) in [5, 5.41) is 18.5. The van der Waals surface area contributed by atoms with Crippen LogP contribution in [0.4, 0.5) is 0 Å². The van der Waals surface area contributed by atoms with Gasteiger partial charge in [0.25, 0.3) is 0 Å². The Kier molecular flexibility index (Phi) is 4.01. The van der Waals surface area contributed by atoms with Crippen LogP contribution in [0.5, 0.6) is 0 Å². The lowest BCUT2D eigenvalue weighted by atomic mass is 9.93. The first-order chi connectivity index (χ1) is 6.27. The molecular formula is C11H16O2. The molecule has 0 saturated carbocycles. The smallest absolute Gasteiger partial charge is 0.144 e. The fourth-order valence-corrected chi connectivity index (χ4v) is 1.49. The van der Waals surface area contributed by atoms with Gasteiger partial charge in [-0.25, -0.2) is 0 Å². The first-order valence-electron chi connectivity index (χ1n) is 4.78. The molecule has 0 radical (unpaired) electrons. The first-order valence-corrected chi connectivity index (χ1v) is 4.78. The number of allylic oxidation sites excluding steroid dienone is 1. The normalized spacial score (nSPS) is 28.5. The molecule has 2 nitrogen and oxygen atoms in total. The largest absolute Gasteiger partial charge is 0.384 e. The summed E-state index contributed by atoms with van der Waals surface area (Å²) in [5.74, 6) is 5.20. The Morgan fingerprint density at radius 1 is 1.31 bits per heavy atom. The van der Waals surface area contributed by atoms with Gasteiger partial charge in [0.1, 0.15) is 12.2 Å². The van der Waals surface area contributed by atoms with Crippen molar-refractivity contribution in [1.82, 2.24) is 0 Å². The second-order valence-electron chi connectivity index (χ2n) is 3.39. The molecule has 0 aromatic heterocycles. The van der Waals surface area contributed by atoms with Crippen LogP contribution >= 0.6 is 0 Å². The van der Waals surface area contributed by atoms with E-state index >= 15 is 0 Å². The van der Waals surface area contributed by atoms with Gasteiger partial charge < -0.3 is 10.2 Å². The molecule has 0 aromatic rings. The number of aliphatic hydroxyl groups is 2. The minimum absolute atomic E-state index is 0.184. The average Bonchev–Trinajstić information content (AvgIpc) is 2.09. The van der Waals surface area contributed by atoms with E-state index in [0.29, 0.717) is 6.42 Å². The van der Waals surface area contributed by atoms with Crippen LogP contribution in [0, 0.1) is 11.8 Å². The molecule has 0 spiro atoms. The Bertz CT molecular complexity index is 234. The van der Waals surface area contributed by atoms with E-state index < -0.39 is 5.60 Å². The fraction of sp³-hybridized carbons (Fsp3) is 0.636. The predicted octanol–water partition coefficient (Wildman–Crippen LogP) is 1.23. The molecule has 2 heteroatoms. The number of aliphatic hydroxyl groups excluding tert-OH is 1. The quantitative estimate of drug-likeness (QED) is 0.435. The summed E-state index contributed by atoms with van der Waals surface area (Å²) in [6.45, 7) is -0.184. The molecule has 0 saturated heterocycles. The van der Waals surface area contributed by atoms with E-state index in [4.69, 9.17) is 5.11 Å². The average molecular weight is 180 g/mol. The molecule has 13 heavy (non-hydrogen) atoms. The van der Waals surface area contributed by atoms with Gasteiger partial charge in [0, 0.05) is 0 Å². The van der Waals surface area contributed by atoms with Gasteiger partial charge in [-0.1, -0.05) is 24.3 Å². The first kappa shape index (κ1) is 10.3. The van der Waals surface area contributed by atoms with Crippen LogP contribution in [0.1, 0.15) is 32.1 Å². The highest BCUT2D eigenvalue weighted by Gasteiger charge is 2.20. The maximum Gasteiger partial charge on any atom is 0.144 e. The second-order valence-corrected chi connectivity index (χ2v) is 3.39. The van der Waals surface area contributed by atoms with E-state index in [1.165, 1.54) is 6.42 Å². The molecule has 0 aliphatic heterocycles. The van der Waals surface area contributed by atoms with Crippen LogP contribution in [0.25, 0.3) is 0 Å². The van der Waals surface area contributed by atoms with Crippen molar-refractivity contribution in [2.45, 2.75) is 37.7 Å². The van der Waals surface area contributed by atoms with Crippen molar-refractivity contribution in [3.05, 3.63) is 12.2 Å². The maximum atomic E-state index is 9.94. The molecule has 0 fully saturated rings. The predicted molar refractivity (Wildman–Crippen MR) is 52.0 cm³/mol. The monoisotopic (exact) mass is 180 g/mol. The van der Waals surface area contributed by atoms with Crippen LogP contribution in [0.15, 0.2) is 12.2 Å². The summed E-state index contributed by atoms with van der Waals surface area (Å²) >= 11 is 0. The lowest BCUT2D eigenvalue weighted by Gasteiger charge is -2.19. The zero-order chi connectivity index (χ0) is 9.57. The van der Waals surface area contributed by atoms with Gasteiger partial charge in [-0.15, -0.1) is 0 Å². The van der Waals surface area contributed by atoms with Gasteiger partial charge in [0.05, 0.1) is 0 Å². The van der Waals surface area contributed by atoms with E-state index in [0.717, 1.165) is 19.3 Å². The summed E-state index contributed by atoms with van der Waals surface area (Å²) in [7, 11) is 0. The Morgan fingerprint density at radius 2 is 2.15 bits per heavy atom. The molecule has 0 bridgehead atoms. The molecule has 1 unspecified atom stereocenters. The van der Waals surface area contributed by atoms with Gasteiger partial charge in [-0.2, -0.15) is 0 Å². The molecule has 1 rings (SSSR count). The van der Waals surface area contributed by atoms with Crippen molar-refractivity contribution in [2.24, 2.45) is 0 Å². The molecule has 0 amide bonds. The summed E-state index contributed by atoms with van der Waals surface area (Å²) in [4.78, 5) is 0. The SMILES string of the molecule is OCC#CC1(O)C=CCCCCC1. The Morgan fingerprint density at radius 3 is 2.92 bits per heavy atom. The molecule has 0 aromatic carbocycles. The summed E-state index contributed by atoms with van der Waals surface area (Å²) < 4.78 is 0. The third kappa shape index (κ3) is 3.63. The molecule has 2 N–H and O–H groups in total. The Hall–Kier alpha value is -0.780. The van der Waals surface area contributed by atoms with Crippen molar-refractivity contribution in [2.75, 3.05) is 6.61 Å². The highest BCUT2D eigenvalue weighted by Crippen LogP contribution is 2.20. The van der Waals surface area contributed by atoms with Crippen LogP contribution in [0.3, 0.4) is 0 Å². The Labute approximate surface area is 79.3 Å². The Balaban J connectivity index is 2.66. The lowest BCUT2D eigenvalue weighted by Crippen LogP contribution is -2.24. The van der Waals surface area contributed by atoms with Gasteiger partial charge >= 0.3 is 0 Å². The highest BCUT2D eigenvalue weighted by atomic mass is 16.3. The molecule has 0 heterocycles. The maximum absolute atomic E-state index is 9.94. The van der Waals surface area contributed by atoms with E-state index in [9.17, 15) is 5.11 Å². The molecular weight excluding hydrogens is 164 g/mol. The summed E-state index contributed by atoms with van der Waals surface area (Å²) in [5.41, 5.74) is -0.997. The fourth-order valence-electron chi connectivity index (χ4n) is 1.49. The van der Waals surface area contributed by atoms with Gasteiger partial charge in [-0.3, -0.25) is 0 Å². The van der Waals surface area contributed by atoms with Crippen molar-refractivity contribution in [3.63, 3.8) is 0 Å². The van der Waals surface area contributed by atoms with E-state index in [-0.39, 0.29) is 6.61 Å². The zero-order valence-corrected chi connectivity index (χ0v) is 7.79. The van der Waals surface area contributed by atoms with Crippen molar-refractivity contribution in [1.29, 1.82) is 0 Å². The standard InChI is InChI=1S/C11H16O2/c12-10-6-9-11(13)7-4-2-1-3-5-8-11/h4,7,12-13H,1-3,5,8,10H2. The summed E-state index contributed by atoms with van der Waals surface area (Å²) in [6.07, 6.45) is 8.77. The second kappa shape index (κ2) is 5.06. The zero-order valence-electron chi connectivity index (χ0n) is 7.79. The van der Waals surface area contributed by atoms with Gasteiger partial charge in [0.15, 0.2) is 0 Å². The minimum atomic E-state index is -0.997. The van der Waals surface area contributed by atoms with Crippen LogP contribution in [0.2, 0.25) is 0 Å². The number of rotatable bonds is 0. The van der Waals surface area contributed by atoms with Crippen LogP contribution < -0.4 is 0 Å².